The normalized spacial score (nSPS) is 16.3. The highest BCUT2D eigenvalue weighted by Gasteiger charge is 2.23. The second-order valence-electron chi connectivity index (χ2n) is 6.78. The van der Waals surface area contributed by atoms with Gasteiger partial charge in [-0.1, -0.05) is 6.07 Å². The van der Waals surface area contributed by atoms with E-state index in [9.17, 15) is 4.79 Å². The van der Waals surface area contributed by atoms with Crippen LogP contribution in [0.15, 0.2) is 48.7 Å². The Morgan fingerprint density at radius 3 is 2.67 bits per heavy atom. The molecule has 0 spiro atoms. The zero-order valence-electron chi connectivity index (χ0n) is 15.5. The quantitative estimate of drug-likeness (QED) is 0.852. The van der Waals surface area contributed by atoms with Gasteiger partial charge in [-0.3, -0.25) is 14.7 Å². The Balaban J connectivity index is 1.42. The molecule has 0 aliphatic carbocycles. The van der Waals surface area contributed by atoms with E-state index in [0.717, 1.165) is 38.2 Å². The van der Waals surface area contributed by atoms with Gasteiger partial charge < -0.3 is 10.1 Å². The number of carbonyl (C=O) groups is 1. The molecule has 1 N–H and O–H groups in total. The average Bonchev–Trinajstić information content (AvgIpc) is 2.71. The maximum atomic E-state index is 12.4. The molecule has 1 aliphatic rings. The Labute approximate surface area is 159 Å². The van der Waals surface area contributed by atoms with Crippen LogP contribution in [0.5, 0.6) is 5.75 Å². The van der Waals surface area contributed by atoms with Gasteiger partial charge in [0.25, 0.3) is 5.91 Å². The summed E-state index contributed by atoms with van der Waals surface area (Å²) in [6.07, 6.45) is 3.08. The first kappa shape index (κ1) is 18.9. The van der Waals surface area contributed by atoms with E-state index >= 15 is 0 Å². The predicted octanol–water partition coefficient (Wildman–Crippen LogP) is 2.50. The molecule has 1 aromatic heterocycles. The topological polar surface area (TPSA) is 78.2 Å². The zero-order chi connectivity index (χ0) is 19.1. The Hall–Kier alpha value is -2.91. The maximum Gasteiger partial charge on any atom is 0.260 e. The fraction of sp³-hybridized carbons (Fsp3) is 0.381. The molecule has 1 aromatic carbocycles. The lowest BCUT2D eigenvalue weighted by atomic mass is 10.0. The summed E-state index contributed by atoms with van der Waals surface area (Å²) in [7, 11) is 0. The number of hydrogen-bond donors (Lipinski definition) is 1. The molecule has 2 heterocycles. The lowest BCUT2D eigenvalue weighted by Crippen LogP contribution is -2.47. The number of piperidine rings is 1. The third-order valence-corrected chi connectivity index (χ3v) is 4.71. The molecular formula is C21H24N4O2. The summed E-state index contributed by atoms with van der Waals surface area (Å²) in [4.78, 5) is 19.1. The van der Waals surface area contributed by atoms with Gasteiger partial charge in [0, 0.05) is 31.9 Å². The molecule has 0 bridgehead atoms. The SMILES string of the molecule is CC(Oc1ccc(C#N)cc1)C(=O)NC1CCN(Cc2ccccn2)CC1. The molecule has 3 rings (SSSR count). The number of pyridine rings is 1. The Bertz CT molecular complexity index is 778. The molecule has 2 aromatic rings. The van der Waals surface area contributed by atoms with Crippen molar-refractivity contribution in [1.29, 1.82) is 5.26 Å². The maximum absolute atomic E-state index is 12.4. The summed E-state index contributed by atoms with van der Waals surface area (Å²) in [6, 6.07) is 15.0. The minimum atomic E-state index is -0.579. The van der Waals surface area contributed by atoms with E-state index in [1.807, 2.05) is 24.4 Å². The number of aromatic nitrogens is 1. The van der Waals surface area contributed by atoms with Gasteiger partial charge in [0.2, 0.25) is 0 Å². The van der Waals surface area contributed by atoms with Gasteiger partial charge in [0.15, 0.2) is 6.10 Å². The minimum absolute atomic E-state index is 0.109. The Morgan fingerprint density at radius 1 is 1.30 bits per heavy atom. The fourth-order valence-electron chi connectivity index (χ4n) is 3.14. The molecule has 1 fully saturated rings. The zero-order valence-corrected chi connectivity index (χ0v) is 15.5. The molecular weight excluding hydrogens is 340 g/mol. The van der Waals surface area contributed by atoms with Crippen molar-refractivity contribution in [2.75, 3.05) is 13.1 Å². The lowest BCUT2D eigenvalue weighted by molar-refractivity contribution is -0.128. The van der Waals surface area contributed by atoms with Crippen molar-refractivity contribution in [2.24, 2.45) is 0 Å². The van der Waals surface area contributed by atoms with Gasteiger partial charge in [0.1, 0.15) is 5.75 Å². The number of benzene rings is 1. The number of nitrogens with one attached hydrogen (secondary N) is 1. The second-order valence-corrected chi connectivity index (χ2v) is 6.78. The standard InChI is InChI=1S/C21H24N4O2/c1-16(27-20-7-5-17(14-22)6-8-20)21(26)24-18-9-12-25(13-10-18)15-19-4-2-3-11-23-19/h2-8,11,16,18H,9-10,12-13,15H2,1H3,(H,24,26). The number of amides is 1. The van der Waals surface area contributed by atoms with Crippen molar-refractivity contribution in [3.8, 4) is 11.8 Å². The van der Waals surface area contributed by atoms with Gasteiger partial charge in [0.05, 0.1) is 17.3 Å². The molecule has 140 valence electrons. The lowest BCUT2D eigenvalue weighted by Gasteiger charge is -2.32. The average molecular weight is 364 g/mol. The van der Waals surface area contributed by atoms with Crippen LogP contribution in [0.4, 0.5) is 0 Å². The molecule has 1 unspecified atom stereocenters. The largest absolute Gasteiger partial charge is 0.481 e. The Morgan fingerprint density at radius 2 is 2.04 bits per heavy atom. The van der Waals surface area contributed by atoms with Crippen LogP contribution < -0.4 is 10.1 Å². The number of likely N-dealkylation sites (tertiary alicyclic amines) is 1. The van der Waals surface area contributed by atoms with Crippen LogP contribution in [0, 0.1) is 11.3 Å². The van der Waals surface area contributed by atoms with Crippen LogP contribution in [0.2, 0.25) is 0 Å². The first-order valence-electron chi connectivity index (χ1n) is 9.23. The molecule has 1 atom stereocenters. The molecule has 1 amide bonds. The molecule has 1 saturated heterocycles. The molecule has 27 heavy (non-hydrogen) atoms. The summed E-state index contributed by atoms with van der Waals surface area (Å²) in [5.74, 6) is 0.476. The van der Waals surface area contributed by atoms with Gasteiger partial charge in [-0.2, -0.15) is 5.26 Å². The highest BCUT2D eigenvalue weighted by molar-refractivity contribution is 5.81. The fourth-order valence-corrected chi connectivity index (χ4v) is 3.14. The summed E-state index contributed by atoms with van der Waals surface area (Å²) in [5, 5.41) is 11.9. The monoisotopic (exact) mass is 364 g/mol. The first-order valence-corrected chi connectivity index (χ1v) is 9.23. The third kappa shape index (κ3) is 5.53. The van der Waals surface area contributed by atoms with Gasteiger partial charge in [-0.15, -0.1) is 0 Å². The van der Waals surface area contributed by atoms with Crippen molar-refractivity contribution in [2.45, 2.75) is 38.5 Å². The summed E-state index contributed by atoms with van der Waals surface area (Å²) in [5.41, 5.74) is 1.64. The number of hydrogen-bond acceptors (Lipinski definition) is 5. The van der Waals surface area contributed by atoms with Crippen molar-refractivity contribution in [3.05, 3.63) is 59.9 Å². The summed E-state index contributed by atoms with van der Waals surface area (Å²) >= 11 is 0. The molecule has 6 nitrogen and oxygen atoms in total. The van der Waals surface area contributed by atoms with Gasteiger partial charge in [-0.25, -0.2) is 0 Å². The molecule has 6 heteroatoms. The number of nitrogens with zero attached hydrogens (tertiary/aromatic N) is 3. The first-order chi connectivity index (χ1) is 13.1. The second kappa shape index (κ2) is 9.15. The van der Waals surface area contributed by atoms with Crippen LogP contribution in [0.1, 0.15) is 31.0 Å². The Kier molecular flexibility index (Phi) is 6.39. The molecule has 0 saturated carbocycles. The van der Waals surface area contributed by atoms with Crippen LogP contribution in [-0.4, -0.2) is 41.0 Å². The highest BCUT2D eigenvalue weighted by atomic mass is 16.5. The van der Waals surface area contributed by atoms with Crippen LogP contribution in [0.3, 0.4) is 0 Å². The highest BCUT2D eigenvalue weighted by Crippen LogP contribution is 2.15. The van der Waals surface area contributed by atoms with Crippen molar-refractivity contribution >= 4 is 5.91 Å². The van der Waals surface area contributed by atoms with Crippen LogP contribution in [-0.2, 0) is 11.3 Å². The molecule has 1 aliphatic heterocycles. The predicted molar refractivity (Wildman–Crippen MR) is 102 cm³/mol. The van der Waals surface area contributed by atoms with E-state index in [1.54, 1.807) is 31.2 Å². The third-order valence-electron chi connectivity index (χ3n) is 4.71. The van der Waals surface area contributed by atoms with E-state index in [2.05, 4.69) is 21.3 Å². The number of carbonyl (C=O) groups excluding carboxylic acids is 1. The summed E-state index contributed by atoms with van der Waals surface area (Å²) in [6.45, 7) is 4.46. The van der Waals surface area contributed by atoms with Gasteiger partial charge >= 0.3 is 0 Å². The van der Waals surface area contributed by atoms with Crippen LogP contribution in [0.25, 0.3) is 0 Å². The number of nitriles is 1. The van der Waals surface area contributed by atoms with Crippen molar-refractivity contribution in [3.63, 3.8) is 0 Å². The van der Waals surface area contributed by atoms with E-state index in [0.29, 0.717) is 11.3 Å². The van der Waals surface area contributed by atoms with Crippen molar-refractivity contribution < 1.29 is 9.53 Å². The van der Waals surface area contributed by atoms with E-state index in [-0.39, 0.29) is 11.9 Å². The smallest absolute Gasteiger partial charge is 0.260 e. The van der Waals surface area contributed by atoms with Crippen LogP contribution >= 0.6 is 0 Å². The molecule has 0 radical (unpaired) electrons. The van der Waals surface area contributed by atoms with Gasteiger partial charge in [-0.05, 0) is 56.2 Å². The minimum Gasteiger partial charge on any atom is -0.481 e. The number of ether oxygens (including phenoxy) is 1. The summed E-state index contributed by atoms with van der Waals surface area (Å²) < 4.78 is 5.68. The number of rotatable bonds is 6. The van der Waals surface area contributed by atoms with E-state index in [1.165, 1.54) is 0 Å². The van der Waals surface area contributed by atoms with Crippen molar-refractivity contribution in [1.82, 2.24) is 15.2 Å². The van der Waals surface area contributed by atoms with E-state index in [4.69, 9.17) is 10.00 Å². The van der Waals surface area contributed by atoms with E-state index < -0.39 is 6.10 Å².